The van der Waals surface area contributed by atoms with Crippen molar-refractivity contribution in [1.82, 2.24) is 10.4 Å². The summed E-state index contributed by atoms with van der Waals surface area (Å²) in [5.41, 5.74) is 3.87. The molecule has 1 aromatic carbocycles. The predicted octanol–water partition coefficient (Wildman–Crippen LogP) is 2.88. The maximum atomic E-state index is 11.8. The second-order valence-corrected chi connectivity index (χ2v) is 5.21. The van der Waals surface area contributed by atoms with E-state index >= 15 is 0 Å². The van der Waals surface area contributed by atoms with Gasteiger partial charge in [-0.15, -0.1) is 0 Å². The third-order valence-corrected chi connectivity index (χ3v) is 2.79. The zero-order valence-corrected chi connectivity index (χ0v) is 12.7. The number of amides is 1. The van der Waals surface area contributed by atoms with Crippen LogP contribution in [0.3, 0.4) is 0 Å². The minimum Gasteiger partial charge on any atom is -0.493 e. The minimum absolute atomic E-state index is 0.268. The highest BCUT2D eigenvalue weighted by molar-refractivity contribution is 5.94. The van der Waals surface area contributed by atoms with E-state index in [2.05, 4.69) is 29.4 Å². The van der Waals surface area contributed by atoms with Gasteiger partial charge in [-0.25, -0.2) is 5.43 Å². The maximum absolute atomic E-state index is 11.8. The molecule has 0 bridgehead atoms. The van der Waals surface area contributed by atoms with Crippen molar-refractivity contribution in [1.29, 1.82) is 0 Å². The largest absolute Gasteiger partial charge is 0.493 e. The molecule has 1 amide bonds. The van der Waals surface area contributed by atoms with Gasteiger partial charge >= 0.3 is 0 Å². The lowest BCUT2D eigenvalue weighted by Gasteiger charge is -2.08. The van der Waals surface area contributed by atoms with Crippen LogP contribution >= 0.6 is 0 Å². The van der Waals surface area contributed by atoms with Gasteiger partial charge in [-0.3, -0.25) is 9.78 Å². The molecule has 0 saturated carbocycles. The molecule has 0 aliphatic heterocycles. The monoisotopic (exact) mass is 297 g/mol. The van der Waals surface area contributed by atoms with Gasteiger partial charge in [0.05, 0.1) is 12.8 Å². The first-order valence-electron chi connectivity index (χ1n) is 7.11. The van der Waals surface area contributed by atoms with E-state index in [1.165, 1.54) is 0 Å². The van der Waals surface area contributed by atoms with Crippen LogP contribution in [0.2, 0.25) is 0 Å². The van der Waals surface area contributed by atoms with Crippen molar-refractivity contribution in [3.8, 4) is 5.75 Å². The van der Waals surface area contributed by atoms with Crippen molar-refractivity contribution in [3.63, 3.8) is 0 Å². The van der Waals surface area contributed by atoms with Crippen LogP contribution in [0.4, 0.5) is 0 Å². The first-order chi connectivity index (χ1) is 10.6. The molecule has 0 fully saturated rings. The third-order valence-electron chi connectivity index (χ3n) is 2.79. The number of aromatic nitrogens is 1. The summed E-state index contributed by atoms with van der Waals surface area (Å²) < 4.78 is 5.60. The summed E-state index contributed by atoms with van der Waals surface area (Å²) in [6.07, 6.45) is 4.72. The Balaban J connectivity index is 1.86. The molecule has 22 heavy (non-hydrogen) atoms. The molecule has 0 radical (unpaired) electrons. The van der Waals surface area contributed by atoms with Gasteiger partial charge in [-0.2, -0.15) is 5.10 Å². The van der Waals surface area contributed by atoms with Gasteiger partial charge in [-0.05, 0) is 47.9 Å². The van der Waals surface area contributed by atoms with E-state index in [1.54, 1.807) is 30.7 Å². The van der Waals surface area contributed by atoms with E-state index in [4.69, 9.17) is 4.74 Å². The van der Waals surface area contributed by atoms with Crippen molar-refractivity contribution < 1.29 is 9.53 Å². The fourth-order valence-corrected chi connectivity index (χ4v) is 1.65. The third kappa shape index (κ3) is 5.01. The highest BCUT2D eigenvalue weighted by Gasteiger charge is 2.02. The number of ether oxygens (including phenoxy) is 1. The Morgan fingerprint density at radius 1 is 1.23 bits per heavy atom. The molecule has 0 unspecified atom stereocenters. The number of carbonyl (C=O) groups is 1. The van der Waals surface area contributed by atoms with Crippen molar-refractivity contribution in [2.45, 2.75) is 13.8 Å². The first-order valence-corrected chi connectivity index (χ1v) is 7.11. The summed E-state index contributed by atoms with van der Waals surface area (Å²) in [4.78, 5) is 15.6. The summed E-state index contributed by atoms with van der Waals surface area (Å²) in [6.45, 7) is 4.90. The standard InChI is InChI=1S/C17H19N3O2/c1-13(2)12-22-16-5-3-14(4-6-16)11-19-20-17(21)15-7-9-18-10-8-15/h3-11,13H,12H2,1-2H3,(H,20,21)/b19-11-. The van der Waals surface area contributed by atoms with Crippen LogP contribution in [0.5, 0.6) is 5.75 Å². The number of hydrazone groups is 1. The van der Waals surface area contributed by atoms with Gasteiger partial charge in [0.2, 0.25) is 0 Å². The molecule has 0 aliphatic rings. The van der Waals surface area contributed by atoms with Gasteiger partial charge in [0.25, 0.3) is 5.91 Å². The van der Waals surface area contributed by atoms with Gasteiger partial charge < -0.3 is 4.74 Å². The topological polar surface area (TPSA) is 63.6 Å². The lowest BCUT2D eigenvalue weighted by Crippen LogP contribution is -2.17. The molecule has 0 aliphatic carbocycles. The molecule has 2 aromatic rings. The normalized spacial score (nSPS) is 10.9. The van der Waals surface area contributed by atoms with Crippen LogP contribution in [0.15, 0.2) is 53.9 Å². The summed E-state index contributed by atoms with van der Waals surface area (Å²) in [6, 6.07) is 10.8. The highest BCUT2D eigenvalue weighted by atomic mass is 16.5. The summed E-state index contributed by atoms with van der Waals surface area (Å²) in [5, 5.41) is 3.94. The Morgan fingerprint density at radius 2 is 1.91 bits per heavy atom. The number of hydrogen-bond donors (Lipinski definition) is 1. The van der Waals surface area contributed by atoms with Gasteiger partial charge in [0.1, 0.15) is 5.75 Å². The molecule has 5 nitrogen and oxygen atoms in total. The molecule has 0 atom stereocenters. The lowest BCUT2D eigenvalue weighted by molar-refractivity contribution is 0.0955. The number of nitrogens with zero attached hydrogens (tertiary/aromatic N) is 2. The smallest absolute Gasteiger partial charge is 0.271 e. The van der Waals surface area contributed by atoms with Gasteiger partial charge in [0.15, 0.2) is 0 Å². The summed E-state index contributed by atoms with van der Waals surface area (Å²) in [7, 11) is 0. The average molecular weight is 297 g/mol. The van der Waals surface area contributed by atoms with E-state index in [0.717, 1.165) is 11.3 Å². The van der Waals surface area contributed by atoms with Crippen molar-refractivity contribution in [2.24, 2.45) is 11.0 Å². The predicted molar refractivity (Wildman–Crippen MR) is 86.1 cm³/mol. The summed E-state index contributed by atoms with van der Waals surface area (Å²) in [5.74, 6) is 1.05. The van der Waals surface area contributed by atoms with E-state index < -0.39 is 0 Å². The summed E-state index contributed by atoms with van der Waals surface area (Å²) >= 11 is 0. The van der Waals surface area contributed by atoms with E-state index in [1.807, 2.05) is 24.3 Å². The molecule has 1 aromatic heterocycles. The second-order valence-electron chi connectivity index (χ2n) is 5.21. The Labute approximate surface area is 130 Å². The minimum atomic E-state index is -0.268. The van der Waals surface area contributed by atoms with Crippen LogP contribution in [-0.4, -0.2) is 23.7 Å². The molecule has 1 heterocycles. The molecular formula is C17H19N3O2. The van der Waals surface area contributed by atoms with Crippen LogP contribution in [0.1, 0.15) is 29.8 Å². The number of hydrogen-bond acceptors (Lipinski definition) is 4. The average Bonchev–Trinajstić information content (AvgIpc) is 2.55. The van der Waals surface area contributed by atoms with E-state index in [9.17, 15) is 4.79 Å². The number of rotatable bonds is 6. The fraction of sp³-hybridized carbons (Fsp3) is 0.235. The number of benzene rings is 1. The Morgan fingerprint density at radius 3 is 2.55 bits per heavy atom. The van der Waals surface area contributed by atoms with Gasteiger partial charge in [-0.1, -0.05) is 13.8 Å². The molecular weight excluding hydrogens is 278 g/mol. The first kappa shape index (κ1) is 15.7. The van der Waals surface area contributed by atoms with Crippen LogP contribution in [-0.2, 0) is 0 Å². The van der Waals surface area contributed by atoms with Crippen molar-refractivity contribution in [2.75, 3.05) is 6.61 Å². The zero-order valence-electron chi connectivity index (χ0n) is 12.7. The molecule has 1 N–H and O–H groups in total. The Bertz CT molecular complexity index is 622. The lowest BCUT2D eigenvalue weighted by atomic mass is 10.2. The number of carbonyl (C=O) groups excluding carboxylic acids is 1. The van der Waals surface area contributed by atoms with E-state index in [0.29, 0.717) is 18.1 Å². The molecule has 2 rings (SSSR count). The van der Waals surface area contributed by atoms with Crippen molar-refractivity contribution >= 4 is 12.1 Å². The number of nitrogens with one attached hydrogen (secondary N) is 1. The number of pyridine rings is 1. The van der Waals surface area contributed by atoms with Crippen LogP contribution in [0.25, 0.3) is 0 Å². The van der Waals surface area contributed by atoms with Gasteiger partial charge in [0, 0.05) is 18.0 Å². The van der Waals surface area contributed by atoms with E-state index in [-0.39, 0.29) is 5.91 Å². The van der Waals surface area contributed by atoms with Crippen LogP contribution in [0, 0.1) is 5.92 Å². The molecule has 0 saturated heterocycles. The molecule has 0 spiro atoms. The second kappa shape index (κ2) is 7.93. The Hall–Kier alpha value is -2.69. The molecule has 5 heteroatoms. The fourth-order valence-electron chi connectivity index (χ4n) is 1.65. The maximum Gasteiger partial charge on any atom is 0.271 e. The quantitative estimate of drug-likeness (QED) is 0.658. The SMILES string of the molecule is CC(C)COc1ccc(/C=N\NC(=O)c2ccncc2)cc1. The van der Waals surface area contributed by atoms with Crippen LogP contribution < -0.4 is 10.2 Å². The zero-order chi connectivity index (χ0) is 15.8. The van der Waals surface area contributed by atoms with Crippen molar-refractivity contribution in [3.05, 3.63) is 59.9 Å². The molecule has 114 valence electrons. The Kier molecular flexibility index (Phi) is 5.65. The highest BCUT2D eigenvalue weighted by Crippen LogP contribution is 2.12.